The van der Waals surface area contributed by atoms with E-state index in [0.29, 0.717) is 13.0 Å². The summed E-state index contributed by atoms with van der Waals surface area (Å²) in [6.07, 6.45) is 6.27. The maximum atomic E-state index is 5.83. The molecule has 0 spiro atoms. The Morgan fingerprint density at radius 3 is 2.75 bits per heavy atom. The van der Waals surface area contributed by atoms with Crippen LogP contribution in [-0.2, 0) is 13.0 Å². The van der Waals surface area contributed by atoms with Crippen molar-refractivity contribution in [3.63, 3.8) is 0 Å². The van der Waals surface area contributed by atoms with Crippen molar-refractivity contribution in [3.8, 4) is 0 Å². The van der Waals surface area contributed by atoms with Crippen molar-refractivity contribution in [2.24, 2.45) is 0 Å². The van der Waals surface area contributed by atoms with Gasteiger partial charge >= 0.3 is 0 Å². The van der Waals surface area contributed by atoms with E-state index in [9.17, 15) is 0 Å². The standard InChI is InChI=1S/C21H19N7/c22-21-25-11-17(8-13-1-4-19-16(7-13)12-26-28-19)20(27-21)24-10-14-2-3-18-15(9-14)5-6-23-18/h1-7,9,11-12,23H,8,10H2,(H,26,28)(H3,22,24,25,27). The first kappa shape index (κ1) is 16.3. The molecule has 0 radical (unpaired) electrons. The van der Waals surface area contributed by atoms with Gasteiger partial charge in [-0.1, -0.05) is 12.1 Å². The molecule has 0 bridgehead atoms. The van der Waals surface area contributed by atoms with Crippen molar-refractivity contribution in [2.45, 2.75) is 13.0 Å². The van der Waals surface area contributed by atoms with Crippen LogP contribution in [0.25, 0.3) is 21.8 Å². The van der Waals surface area contributed by atoms with Crippen LogP contribution in [0.4, 0.5) is 11.8 Å². The minimum absolute atomic E-state index is 0.262. The van der Waals surface area contributed by atoms with Gasteiger partial charge in [-0.05, 0) is 46.8 Å². The van der Waals surface area contributed by atoms with Gasteiger partial charge in [0.15, 0.2) is 0 Å². The molecule has 3 aromatic heterocycles. The number of nitrogens with two attached hydrogens (primary N) is 1. The van der Waals surface area contributed by atoms with Crippen molar-refractivity contribution in [3.05, 3.63) is 77.7 Å². The van der Waals surface area contributed by atoms with E-state index >= 15 is 0 Å². The van der Waals surface area contributed by atoms with Crippen LogP contribution in [0.5, 0.6) is 0 Å². The zero-order chi connectivity index (χ0) is 18.9. The minimum atomic E-state index is 0.262. The predicted molar refractivity (Wildman–Crippen MR) is 111 cm³/mol. The zero-order valence-corrected chi connectivity index (χ0v) is 15.1. The molecule has 138 valence electrons. The molecule has 5 rings (SSSR count). The minimum Gasteiger partial charge on any atom is -0.368 e. The van der Waals surface area contributed by atoms with E-state index in [-0.39, 0.29) is 5.95 Å². The second-order valence-corrected chi connectivity index (χ2v) is 6.82. The normalized spacial score (nSPS) is 11.3. The Morgan fingerprint density at radius 1 is 0.929 bits per heavy atom. The van der Waals surface area contributed by atoms with E-state index in [1.807, 2.05) is 18.5 Å². The van der Waals surface area contributed by atoms with Crippen molar-refractivity contribution in [2.75, 3.05) is 11.1 Å². The Labute approximate surface area is 161 Å². The van der Waals surface area contributed by atoms with Crippen LogP contribution in [0.3, 0.4) is 0 Å². The van der Waals surface area contributed by atoms with Crippen LogP contribution < -0.4 is 11.1 Å². The first-order chi connectivity index (χ1) is 13.7. The number of fused-ring (bicyclic) bond motifs is 2. The van der Waals surface area contributed by atoms with Crippen molar-refractivity contribution in [1.29, 1.82) is 0 Å². The molecule has 0 aliphatic heterocycles. The lowest BCUT2D eigenvalue weighted by Crippen LogP contribution is -2.08. The molecule has 0 amide bonds. The summed E-state index contributed by atoms with van der Waals surface area (Å²) in [5, 5.41) is 12.7. The summed E-state index contributed by atoms with van der Waals surface area (Å²) < 4.78 is 0. The summed E-state index contributed by atoms with van der Waals surface area (Å²) in [5.74, 6) is 1.02. The van der Waals surface area contributed by atoms with E-state index in [2.05, 4.69) is 66.9 Å². The summed E-state index contributed by atoms with van der Waals surface area (Å²) in [7, 11) is 0. The average molecular weight is 369 g/mol. The van der Waals surface area contributed by atoms with Gasteiger partial charge in [-0.3, -0.25) is 5.10 Å². The Morgan fingerprint density at radius 2 is 1.79 bits per heavy atom. The molecule has 0 fully saturated rings. The highest BCUT2D eigenvalue weighted by Crippen LogP contribution is 2.21. The lowest BCUT2D eigenvalue weighted by Gasteiger charge is -2.12. The zero-order valence-electron chi connectivity index (χ0n) is 15.1. The molecule has 7 nitrogen and oxygen atoms in total. The summed E-state index contributed by atoms with van der Waals surface area (Å²) in [4.78, 5) is 11.8. The molecular formula is C21H19N7. The van der Waals surface area contributed by atoms with Crippen LogP contribution in [0, 0.1) is 0 Å². The van der Waals surface area contributed by atoms with Gasteiger partial charge in [0.1, 0.15) is 5.82 Å². The predicted octanol–water partition coefficient (Wildman–Crippen LogP) is 3.62. The fraction of sp³-hybridized carbons (Fsp3) is 0.0952. The Bertz CT molecular complexity index is 1270. The molecule has 2 aromatic carbocycles. The number of benzene rings is 2. The number of rotatable bonds is 5. The largest absolute Gasteiger partial charge is 0.368 e. The number of hydrogen-bond acceptors (Lipinski definition) is 5. The second-order valence-electron chi connectivity index (χ2n) is 6.82. The third kappa shape index (κ3) is 3.14. The van der Waals surface area contributed by atoms with Crippen LogP contribution in [0.1, 0.15) is 16.7 Å². The van der Waals surface area contributed by atoms with Gasteiger partial charge in [0.25, 0.3) is 0 Å². The molecule has 0 aliphatic rings. The molecular weight excluding hydrogens is 350 g/mol. The average Bonchev–Trinajstić information content (AvgIpc) is 3.36. The van der Waals surface area contributed by atoms with E-state index in [4.69, 9.17) is 5.73 Å². The Balaban J connectivity index is 1.39. The van der Waals surface area contributed by atoms with Crippen molar-refractivity contribution < 1.29 is 0 Å². The molecule has 7 heteroatoms. The number of anilines is 2. The molecule has 0 saturated heterocycles. The lowest BCUT2D eigenvalue weighted by atomic mass is 10.0. The smallest absolute Gasteiger partial charge is 0.221 e. The molecule has 28 heavy (non-hydrogen) atoms. The highest BCUT2D eigenvalue weighted by molar-refractivity contribution is 5.80. The molecule has 0 atom stereocenters. The van der Waals surface area contributed by atoms with Gasteiger partial charge in [-0.25, -0.2) is 4.98 Å². The van der Waals surface area contributed by atoms with Crippen LogP contribution in [0.15, 0.2) is 61.1 Å². The fourth-order valence-electron chi connectivity index (χ4n) is 3.42. The molecule has 3 heterocycles. The van der Waals surface area contributed by atoms with Gasteiger partial charge < -0.3 is 16.0 Å². The number of H-pyrrole nitrogens is 2. The quantitative estimate of drug-likeness (QED) is 0.378. The van der Waals surface area contributed by atoms with E-state index in [1.54, 1.807) is 6.20 Å². The highest BCUT2D eigenvalue weighted by atomic mass is 15.1. The van der Waals surface area contributed by atoms with Crippen LogP contribution in [0.2, 0.25) is 0 Å². The highest BCUT2D eigenvalue weighted by Gasteiger charge is 2.09. The van der Waals surface area contributed by atoms with E-state index in [1.165, 1.54) is 16.5 Å². The first-order valence-corrected chi connectivity index (χ1v) is 9.08. The van der Waals surface area contributed by atoms with E-state index in [0.717, 1.165) is 27.8 Å². The lowest BCUT2D eigenvalue weighted by molar-refractivity contribution is 1.04. The summed E-state index contributed by atoms with van der Waals surface area (Å²) >= 11 is 0. The Hall–Kier alpha value is -3.87. The number of nitrogen functional groups attached to an aromatic ring is 1. The van der Waals surface area contributed by atoms with Gasteiger partial charge in [0.2, 0.25) is 5.95 Å². The third-order valence-corrected chi connectivity index (χ3v) is 4.86. The summed E-state index contributed by atoms with van der Waals surface area (Å²) in [6.45, 7) is 0.658. The molecule has 0 aliphatic carbocycles. The molecule has 0 saturated carbocycles. The van der Waals surface area contributed by atoms with E-state index < -0.39 is 0 Å². The molecule has 0 unspecified atom stereocenters. The number of nitrogens with one attached hydrogen (secondary N) is 3. The van der Waals surface area contributed by atoms with Gasteiger partial charge in [0.05, 0.1) is 11.7 Å². The molecule has 5 aromatic rings. The van der Waals surface area contributed by atoms with Crippen molar-refractivity contribution in [1.82, 2.24) is 25.1 Å². The summed E-state index contributed by atoms with van der Waals surface area (Å²) in [5.41, 5.74) is 11.3. The number of aromatic nitrogens is 5. The fourth-order valence-corrected chi connectivity index (χ4v) is 3.42. The summed E-state index contributed by atoms with van der Waals surface area (Å²) in [6, 6.07) is 14.7. The topological polar surface area (TPSA) is 108 Å². The van der Waals surface area contributed by atoms with Gasteiger partial charge in [-0.2, -0.15) is 10.1 Å². The maximum absolute atomic E-state index is 5.83. The van der Waals surface area contributed by atoms with Gasteiger partial charge in [-0.15, -0.1) is 0 Å². The monoisotopic (exact) mass is 369 g/mol. The van der Waals surface area contributed by atoms with Crippen molar-refractivity contribution >= 4 is 33.6 Å². The van der Waals surface area contributed by atoms with Crippen LogP contribution in [-0.4, -0.2) is 25.1 Å². The first-order valence-electron chi connectivity index (χ1n) is 9.08. The number of hydrogen-bond donors (Lipinski definition) is 4. The number of aromatic amines is 2. The third-order valence-electron chi connectivity index (χ3n) is 4.86. The van der Waals surface area contributed by atoms with Crippen LogP contribution >= 0.6 is 0 Å². The number of nitrogens with zero attached hydrogens (tertiary/aromatic N) is 3. The van der Waals surface area contributed by atoms with Gasteiger partial charge in [0, 0.05) is 41.8 Å². The Kier molecular flexibility index (Phi) is 3.90. The maximum Gasteiger partial charge on any atom is 0.221 e. The SMILES string of the molecule is Nc1ncc(Cc2ccc3[nH]ncc3c2)c(NCc2ccc3[nH]ccc3c2)n1. The second kappa shape index (κ2) is 6.70. The molecule has 5 N–H and O–H groups in total.